The van der Waals surface area contributed by atoms with Crippen molar-refractivity contribution in [2.24, 2.45) is 7.05 Å². The molecule has 1 fully saturated rings. The van der Waals surface area contributed by atoms with Gasteiger partial charge in [0.15, 0.2) is 0 Å². The monoisotopic (exact) mass is 345 g/mol. The Bertz CT molecular complexity index is 766. The van der Waals surface area contributed by atoms with Gasteiger partial charge in [-0.05, 0) is 31.9 Å². The largest absolute Gasteiger partial charge is 0.370 e. The normalized spacial score (nSPS) is 14.6. The van der Waals surface area contributed by atoms with Crippen LogP contribution in [0.3, 0.4) is 0 Å². The lowest BCUT2D eigenvalue weighted by molar-refractivity contribution is -0.145. The standard InChI is InChI=1S/C19H24FN3O2/c1-13-17(14(2)22(3)21-13)8-9-19(24)23-10-16(11-23)25-12-15-6-4-5-7-18(15)20/h4-7,16H,8-12H2,1-3H3. The zero-order chi connectivity index (χ0) is 18.0. The molecule has 0 unspecified atom stereocenters. The Hall–Kier alpha value is -2.21. The minimum atomic E-state index is -0.253. The Morgan fingerprint density at radius 3 is 2.68 bits per heavy atom. The highest BCUT2D eigenvalue weighted by Gasteiger charge is 2.31. The molecule has 0 atom stereocenters. The van der Waals surface area contributed by atoms with Crippen LogP contribution in [0.15, 0.2) is 24.3 Å². The maximum absolute atomic E-state index is 13.5. The highest BCUT2D eigenvalue weighted by atomic mass is 19.1. The molecule has 134 valence electrons. The Labute approximate surface area is 147 Å². The van der Waals surface area contributed by atoms with Crippen molar-refractivity contribution < 1.29 is 13.9 Å². The number of nitrogens with zero attached hydrogens (tertiary/aromatic N) is 3. The van der Waals surface area contributed by atoms with E-state index in [1.165, 1.54) is 6.07 Å². The third kappa shape index (κ3) is 3.90. The van der Waals surface area contributed by atoms with E-state index in [1.54, 1.807) is 23.1 Å². The van der Waals surface area contributed by atoms with Crippen LogP contribution in [-0.4, -0.2) is 39.8 Å². The van der Waals surface area contributed by atoms with Gasteiger partial charge in [-0.15, -0.1) is 0 Å². The summed E-state index contributed by atoms with van der Waals surface area (Å²) < 4.78 is 21.1. The molecule has 0 bridgehead atoms. The number of benzene rings is 1. The van der Waals surface area contributed by atoms with Crippen LogP contribution in [0.2, 0.25) is 0 Å². The molecular formula is C19H24FN3O2. The first-order valence-electron chi connectivity index (χ1n) is 8.57. The lowest BCUT2D eigenvalue weighted by Crippen LogP contribution is -2.54. The summed E-state index contributed by atoms with van der Waals surface area (Å²) in [5.74, 6) is -0.120. The number of hydrogen-bond acceptors (Lipinski definition) is 3. The van der Waals surface area contributed by atoms with Crippen molar-refractivity contribution in [2.45, 2.75) is 39.4 Å². The third-order valence-electron chi connectivity index (χ3n) is 4.88. The van der Waals surface area contributed by atoms with E-state index in [1.807, 2.05) is 25.6 Å². The van der Waals surface area contributed by atoms with E-state index in [2.05, 4.69) is 5.10 Å². The summed E-state index contributed by atoms with van der Waals surface area (Å²) >= 11 is 0. The quantitative estimate of drug-likeness (QED) is 0.808. The van der Waals surface area contributed by atoms with Gasteiger partial charge in [-0.2, -0.15) is 5.10 Å². The van der Waals surface area contributed by atoms with Crippen LogP contribution >= 0.6 is 0 Å². The number of amides is 1. The van der Waals surface area contributed by atoms with Crippen LogP contribution in [0.1, 0.15) is 28.9 Å². The van der Waals surface area contributed by atoms with E-state index in [-0.39, 0.29) is 24.4 Å². The number of hydrogen-bond donors (Lipinski definition) is 0. The molecule has 0 radical (unpaired) electrons. The van der Waals surface area contributed by atoms with Gasteiger partial charge in [0.25, 0.3) is 0 Å². The summed E-state index contributed by atoms with van der Waals surface area (Å²) in [6.07, 6.45) is 1.18. The van der Waals surface area contributed by atoms with Crippen molar-refractivity contribution in [2.75, 3.05) is 13.1 Å². The van der Waals surface area contributed by atoms with Crippen LogP contribution in [0.5, 0.6) is 0 Å². The molecule has 1 aliphatic rings. The number of rotatable bonds is 6. The Kier molecular flexibility index (Phi) is 5.18. The molecule has 3 rings (SSSR count). The van der Waals surface area contributed by atoms with Crippen LogP contribution < -0.4 is 0 Å². The molecule has 0 aliphatic carbocycles. The molecule has 1 aliphatic heterocycles. The molecule has 1 amide bonds. The predicted molar refractivity (Wildman–Crippen MR) is 92.6 cm³/mol. The smallest absolute Gasteiger partial charge is 0.223 e. The molecule has 0 N–H and O–H groups in total. The van der Waals surface area contributed by atoms with Crippen molar-refractivity contribution in [1.82, 2.24) is 14.7 Å². The third-order valence-corrected chi connectivity index (χ3v) is 4.88. The van der Waals surface area contributed by atoms with E-state index in [4.69, 9.17) is 4.74 Å². The van der Waals surface area contributed by atoms with E-state index < -0.39 is 0 Å². The molecule has 2 aromatic rings. The summed E-state index contributed by atoms with van der Waals surface area (Å²) in [5, 5.41) is 4.38. The van der Waals surface area contributed by atoms with Crippen molar-refractivity contribution in [3.63, 3.8) is 0 Å². The molecule has 6 heteroatoms. The van der Waals surface area contributed by atoms with Gasteiger partial charge in [0.05, 0.1) is 18.4 Å². The van der Waals surface area contributed by atoms with Gasteiger partial charge < -0.3 is 9.64 Å². The minimum absolute atomic E-state index is 0.00887. The Morgan fingerprint density at radius 1 is 1.32 bits per heavy atom. The fourth-order valence-corrected chi connectivity index (χ4v) is 3.14. The maximum Gasteiger partial charge on any atom is 0.223 e. The summed E-state index contributed by atoms with van der Waals surface area (Å²) in [4.78, 5) is 14.1. The Balaban J connectivity index is 1.42. The summed E-state index contributed by atoms with van der Waals surface area (Å²) in [5.41, 5.74) is 3.81. The van der Waals surface area contributed by atoms with Crippen molar-refractivity contribution in [3.05, 3.63) is 52.6 Å². The number of aryl methyl sites for hydroxylation is 2. The van der Waals surface area contributed by atoms with E-state index >= 15 is 0 Å². The van der Waals surface area contributed by atoms with Crippen molar-refractivity contribution in [1.29, 1.82) is 0 Å². The van der Waals surface area contributed by atoms with Crippen molar-refractivity contribution in [3.8, 4) is 0 Å². The average Bonchev–Trinajstić information content (AvgIpc) is 2.78. The minimum Gasteiger partial charge on any atom is -0.370 e. The topological polar surface area (TPSA) is 47.4 Å². The van der Waals surface area contributed by atoms with Gasteiger partial charge >= 0.3 is 0 Å². The van der Waals surface area contributed by atoms with E-state index in [9.17, 15) is 9.18 Å². The molecule has 0 spiro atoms. The number of ether oxygens (including phenoxy) is 1. The molecular weight excluding hydrogens is 321 g/mol. The van der Waals surface area contributed by atoms with E-state index in [0.717, 1.165) is 17.0 Å². The Morgan fingerprint density at radius 2 is 2.04 bits per heavy atom. The fourth-order valence-electron chi connectivity index (χ4n) is 3.14. The molecule has 25 heavy (non-hydrogen) atoms. The first kappa shape index (κ1) is 17.6. The molecule has 1 aromatic carbocycles. The van der Waals surface area contributed by atoms with Gasteiger partial charge in [-0.25, -0.2) is 4.39 Å². The lowest BCUT2D eigenvalue weighted by atomic mass is 10.1. The summed E-state index contributed by atoms with van der Waals surface area (Å²) in [7, 11) is 1.92. The second-order valence-corrected chi connectivity index (χ2v) is 6.60. The van der Waals surface area contributed by atoms with Gasteiger partial charge in [0.2, 0.25) is 5.91 Å². The number of halogens is 1. The number of carbonyl (C=O) groups excluding carboxylic acids is 1. The van der Waals surface area contributed by atoms with Crippen LogP contribution in [0, 0.1) is 19.7 Å². The molecule has 1 aromatic heterocycles. The van der Waals surface area contributed by atoms with Crippen LogP contribution in [-0.2, 0) is 29.6 Å². The van der Waals surface area contributed by atoms with Crippen molar-refractivity contribution >= 4 is 5.91 Å². The summed E-state index contributed by atoms with van der Waals surface area (Å²) in [6.45, 7) is 5.41. The van der Waals surface area contributed by atoms with Gasteiger partial charge in [-0.3, -0.25) is 9.48 Å². The second-order valence-electron chi connectivity index (χ2n) is 6.60. The zero-order valence-corrected chi connectivity index (χ0v) is 15.0. The fraction of sp³-hybridized carbons (Fsp3) is 0.474. The van der Waals surface area contributed by atoms with Gasteiger partial charge in [-0.1, -0.05) is 18.2 Å². The van der Waals surface area contributed by atoms with E-state index in [0.29, 0.717) is 31.5 Å². The highest BCUT2D eigenvalue weighted by molar-refractivity contribution is 5.77. The number of likely N-dealkylation sites (tertiary alicyclic amines) is 1. The first-order chi connectivity index (χ1) is 12.0. The molecule has 2 heterocycles. The molecule has 5 nitrogen and oxygen atoms in total. The predicted octanol–water partition coefficient (Wildman–Crippen LogP) is 2.54. The van der Waals surface area contributed by atoms with Crippen LogP contribution in [0.4, 0.5) is 4.39 Å². The maximum atomic E-state index is 13.5. The lowest BCUT2D eigenvalue weighted by Gasteiger charge is -2.39. The average molecular weight is 345 g/mol. The first-order valence-corrected chi connectivity index (χ1v) is 8.57. The van der Waals surface area contributed by atoms with Gasteiger partial charge in [0, 0.05) is 37.8 Å². The summed E-state index contributed by atoms with van der Waals surface area (Å²) in [6, 6.07) is 6.60. The zero-order valence-electron chi connectivity index (χ0n) is 15.0. The van der Waals surface area contributed by atoms with Crippen LogP contribution in [0.25, 0.3) is 0 Å². The number of carbonyl (C=O) groups is 1. The molecule has 1 saturated heterocycles. The molecule has 0 saturated carbocycles. The number of aromatic nitrogens is 2. The van der Waals surface area contributed by atoms with Gasteiger partial charge in [0.1, 0.15) is 5.82 Å². The highest BCUT2D eigenvalue weighted by Crippen LogP contribution is 2.19. The SMILES string of the molecule is Cc1nn(C)c(C)c1CCC(=O)N1CC(OCc2ccccc2F)C1. The second kappa shape index (κ2) is 7.35.